The topological polar surface area (TPSA) is 66.8 Å². The average Bonchev–Trinajstić information content (AvgIpc) is 3.23. The Hall–Kier alpha value is -1.66. The monoisotopic (exact) mass is 610 g/mol. The maximum absolute atomic E-state index is 13.8. The molecule has 2 aliphatic carbocycles. The summed E-state index contributed by atoms with van der Waals surface area (Å²) in [6.45, 7) is 1.51. The molecular formula is C20H21F15O4. The predicted octanol–water partition coefficient (Wildman–Crippen LogP) is 6.25. The summed E-state index contributed by atoms with van der Waals surface area (Å²) in [6, 6.07) is 0. The van der Waals surface area contributed by atoms with Crippen molar-refractivity contribution in [2.24, 2.45) is 29.1 Å². The van der Waals surface area contributed by atoms with Crippen LogP contribution >= 0.6 is 0 Å². The predicted molar refractivity (Wildman–Crippen MR) is 96.3 cm³/mol. The fourth-order valence-corrected chi connectivity index (χ4v) is 5.84. The molecule has 2 N–H and O–H groups in total. The number of carbonyl (C=O) groups is 1. The van der Waals surface area contributed by atoms with Gasteiger partial charge in [0.05, 0.1) is 5.41 Å². The minimum Gasteiger partial charge on any atom is -0.449 e. The Balaban J connectivity index is 2.86. The molecule has 0 saturated heterocycles. The van der Waals surface area contributed by atoms with Crippen LogP contribution in [0.1, 0.15) is 40.0 Å². The molecule has 4 nitrogen and oxygen atoms in total. The number of carbonyl (C=O) groups excluding carboxylic acids is 1. The van der Waals surface area contributed by atoms with E-state index in [1.54, 1.807) is 0 Å². The molecule has 0 aromatic heterocycles. The molecule has 6 unspecified atom stereocenters. The Bertz CT molecular complexity index is 919. The molecule has 0 amide bonds. The number of rotatable bonds is 5. The van der Waals surface area contributed by atoms with Crippen LogP contribution in [0.3, 0.4) is 0 Å². The van der Waals surface area contributed by atoms with Crippen molar-refractivity contribution < 1.29 is 85.6 Å². The Kier molecular flexibility index (Phi) is 7.67. The maximum Gasteiger partial charge on any atom is 0.428 e. The van der Waals surface area contributed by atoms with Gasteiger partial charge in [0.2, 0.25) is 5.60 Å². The van der Waals surface area contributed by atoms with E-state index in [2.05, 4.69) is 4.74 Å². The lowest BCUT2D eigenvalue weighted by Crippen LogP contribution is -2.72. The second kappa shape index (κ2) is 8.92. The summed E-state index contributed by atoms with van der Waals surface area (Å²) in [7, 11) is 0. The van der Waals surface area contributed by atoms with E-state index in [1.807, 2.05) is 0 Å². The molecule has 2 fully saturated rings. The van der Waals surface area contributed by atoms with E-state index in [9.17, 15) is 80.9 Å². The Labute approximate surface area is 209 Å². The zero-order chi connectivity index (χ0) is 31.2. The quantitative estimate of drug-likeness (QED) is 0.286. The Morgan fingerprint density at radius 1 is 0.744 bits per heavy atom. The molecule has 230 valence electrons. The third kappa shape index (κ3) is 4.62. The second-order valence-electron chi connectivity index (χ2n) is 10.3. The lowest BCUT2D eigenvalue weighted by molar-refractivity contribution is -0.428. The van der Waals surface area contributed by atoms with Crippen molar-refractivity contribution in [2.75, 3.05) is 0 Å². The van der Waals surface area contributed by atoms with Gasteiger partial charge >= 0.3 is 36.9 Å². The van der Waals surface area contributed by atoms with E-state index in [-0.39, 0.29) is 6.92 Å². The van der Waals surface area contributed by atoms with Gasteiger partial charge in [-0.05, 0) is 44.9 Å². The van der Waals surface area contributed by atoms with Crippen molar-refractivity contribution in [1.29, 1.82) is 0 Å². The Morgan fingerprint density at radius 2 is 1.10 bits per heavy atom. The molecule has 2 saturated carbocycles. The van der Waals surface area contributed by atoms with Crippen molar-refractivity contribution in [3.63, 3.8) is 0 Å². The molecular weight excluding hydrogens is 589 g/mol. The van der Waals surface area contributed by atoms with Crippen LogP contribution in [0.4, 0.5) is 65.9 Å². The highest BCUT2D eigenvalue weighted by atomic mass is 19.4. The first kappa shape index (κ1) is 33.5. The number of fused-ring (bicyclic) bond motifs is 2. The summed E-state index contributed by atoms with van der Waals surface area (Å²) in [6.07, 6.45) is -37.2. The molecule has 0 aromatic carbocycles. The summed E-state index contributed by atoms with van der Waals surface area (Å²) in [4.78, 5) is 12.8. The van der Waals surface area contributed by atoms with Gasteiger partial charge in [-0.15, -0.1) is 0 Å². The van der Waals surface area contributed by atoms with E-state index < -0.39 is 102 Å². The van der Waals surface area contributed by atoms with Crippen LogP contribution in [-0.4, -0.2) is 63.9 Å². The number of hydrogen-bond donors (Lipinski definition) is 2. The van der Waals surface area contributed by atoms with Crippen LogP contribution in [0, 0.1) is 29.1 Å². The summed E-state index contributed by atoms with van der Waals surface area (Å²) in [5, 5.41) is 19.8. The molecule has 19 heteroatoms. The number of halogens is 15. The van der Waals surface area contributed by atoms with Crippen molar-refractivity contribution in [3.05, 3.63) is 0 Å². The van der Waals surface area contributed by atoms with Gasteiger partial charge in [0, 0.05) is 11.8 Å². The zero-order valence-corrected chi connectivity index (χ0v) is 19.8. The fourth-order valence-electron chi connectivity index (χ4n) is 5.84. The van der Waals surface area contributed by atoms with Gasteiger partial charge in [0.1, 0.15) is 0 Å². The van der Waals surface area contributed by atoms with E-state index >= 15 is 0 Å². The van der Waals surface area contributed by atoms with E-state index in [0.717, 1.165) is 6.92 Å². The largest absolute Gasteiger partial charge is 0.449 e. The van der Waals surface area contributed by atoms with Gasteiger partial charge in [0.25, 0.3) is 11.2 Å². The third-order valence-corrected chi connectivity index (χ3v) is 8.14. The molecule has 2 rings (SSSR count). The second-order valence-corrected chi connectivity index (χ2v) is 10.3. The first-order valence-corrected chi connectivity index (χ1v) is 10.9. The molecule has 2 bridgehead atoms. The van der Waals surface area contributed by atoms with Gasteiger partial charge in [-0.3, -0.25) is 4.79 Å². The first-order valence-electron chi connectivity index (χ1n) is 10.9. The number of aliphatic hydroxyl groups is 2. The summed E-state index contributed by atoms with van der Waals surface area (Å²) >= 11 is 0. The van der Waals surface area contributed by atoms with Gasteiger partial charge in [-0.1, -0.05) is 6.92 Å². The maximum atomic E-state index is 13.8. The molecule has 0 spiro atoms. The third-order valence-electron chi connectivity index (χ3n) is 8.14. The molecule has 0 aliphatic heterocycles. The summed E-state index contributed by atoms with van der Waals surface area (Å²) in [5.74, 6) is -16.0. The normalized spacial score (nSPS) is 30.9. The lowest BCUT2D eigenvalue weighted by Gasteiger charge is -2.53. The van der Waals surface area contributed by atoms with Crippen LogP contribution < -0.4 is 0 Å². The zero-order valence-electron chi connectivity index (χ0n) is 19.8. The highest BCUT2D eigenvalue weighted by molar-refractivity contribution is 5.78. The van der Waals surface area contributed by atoms with Crippen molar-refractivity contribution in [2.45, 2.75) is 87.7 Å². The number of esters is 1. The molecule has 0 heterocycles. The molecule has 39 heavy (non-hydrogen) atoms. The fraction of sp³-hybridized carbons (Fsp3) is 0.950. The van der Waals surface area contributed by atoms with E-state index in [0.29, 0.717) is 6.92 Å². The molecule has 6 atom stereocenters. The van der Waals surface area contributed by atoms with Gasteiger partial charge in [0.15, 0.2) is 0 Å². The van der Waals surface area contributed by atoms with Crippen molar-refractivity contribution in [1.82, 2.24) is 0 Å². The van der Waals surface area contributed by atoms with E-state index in [1.165, 1.54) is 0 Å². The van der Waals surface area contributed by atoms with Crippen molar-refractivity contribution in [3.8, 4) is 0 Å². The average molecular weight is 610 g/mol. The van der Waals surface area contributed by atoms with Crippen LogP contribution in [-0.2, 0) is 9.53 Å². The lowest BCUT2D eigenvalue weighted by atomic mass is 9.56. The van der Waals surface area contributed by atoms with Crippen molar-refractivity contribution >= 4 is 5.97 Å². The van der Waals surface area contributed by atoms with E-state index in [4.69, 9.17) is 0 Å². The minimum atomic E-state index is -7.02. The van der Waals surface area contributed by atoms with Gasteiger partial charge in [-0.2, -0.15) is 65.9 Å². The van der Waals surface area contributed by atoms with Crippen LogP contribution in [0.2, 0.25) is 0 Å². The van der Waals surface area contributed by atoms with Crippen LogP contribution in [0.25, 0.3) is 0 Å². The minimum absolute atomic E-state index is 0.273. The highest BCUT2D eigenvalue weighted by Crippen LogP contribution is 2.72. The SMILES string of the molecule is CCC(C)(OC(=O)C1(C)CC2CC1C(C(O)(C(F)(F)F)C(F)(F)F)C2C(O)(C(F)(F)F)C(F)(F)F)C(F)(F)F. The highest BCUT2D eigenvalue weighted by Gasteiger charge is 2.87. The Morgan fingerprint density at radius 3 is 1.41 bits per heavy atom. The number of alkyl halides is 15. The number of hydrogen-bond acceptors (Lipinski definition) is 4. The summed E-state index contributed by atoms with van der Waals surface area (Å²) in [5.41, 5.74) is -19.0. The van der Waals surface area contributed by atoms with Gasteiger partial charge in [-0.25, -0.2) is 0 Å². The molecule has 2 aliphatic rings. The standard InChI is InChI=1S/C20H21F15O4/c1-4-13(3,16(21,22)23)39-11(36)12(2)6-7-5-8(12)10(15(38,19(30,31)32)20(33,34)35)9(7)14(37,17(24,25)26)18(27,28)29/h7-10,37-38H,4-6H2,1-3H3. The molecule has 0 aromatic rings. The van der Waals surface area contributed by atoms with Crippen LogP contribution in [0.5, 0.6) is 0 Å². The number of ether oxygens (including phenoxy) is 1. The first-order chi connectivity index (χ1) is 16.9. The summed E-state index contributed by atoms with van der Waals surface area (Å²) < 4.78 is 209. The smallest absolute Gasteiger partial charge is 0.428 e. The van der Waals surface area contributed by atoms with Crippen LogP contribution in [0.15, 0.2) is 0 Å². The van der Waals surface area contributed by atoms with Gasteiger partial charge < -0.3 is 14.9 Å². The molecule has 0 radical (unpaired) electrons.